The predicted octanol–water partition coefficient (Wildman–Crippen LogP) is 4.28. The lowest BCUT2D eigenvalue weighted by atomic mass is 10.2. The van der Waals surface area contributed by atoms with E-state index in [1.165, 1.54) is 0 Å². The molecule has 5 heteroatoms. The van der Waals surface area contributed by atoms with Gasteiger partial charge in [0.05, 0.1) is 19.2 Å². The summed E-state index contributed by atoms with van der Waals surface area (Å²) < 4.78 is 12.9. The van der Waals surface area contributed by atoms with Gasteiger partial charge in [-0.15, -0.1) is 0 Å². The van der Waals surface area contributed by atoms with E-state index in [2.05, 4.69) is 4.57 Å². The van der Waals surface area contributed by atoms with Crippen LogP contribution in [-0.4, -0.2) is 29.5 Å². The largest absolute Gasteiger partial charge is 0.497 e. The summed E-state index contributed by atoms with van der Waals surface area (Å²) in [5, 5.41) is 0. The molecule has 0 aliphatic rings. The SMILES string of the molecule is COc1ccc(-n2c(C)cc(C(=O)N(C)Cc3ccc(C)o3)c2C)cc1. The van der Waals surface area contributed by atoms with E-state index in [0.717, 1.165) is 34.3 Å². The molecule has 0 fully saturated rings. The van der Waals surface area contributed by atoms with Crippen molar-refractivity contribution in [2.24, 2.45) is 0 Å². The average molecular weight is 352 g/mol. The van der Waals surface area contributed by atoms with Crippen LogP contribution in [0.15, 0.2) is 46.9 Å². The standard InChI is InChI=1S/C21H24N2O3/c1-14-12-20(21(24)22(4)13-19-9-6-15(2)26-19)16(3)23(14)17-7-10-18(25-5)11-8-17/h6-12H,13H2,1-5H3. The van der Waals surface area contributed by atoms with Crippen LogP contribution in [0.3, 0.4) is 0 Å². The van der Waals surface area contributed by atoms with Crippen molar-refractivity contribution < 1.29 is 13.9 Å². The first kappa shape index (κ1) is 17.9. The van der Waals surface area contributed by atoms with Gasteiger partial charge >= 0.3 is 0 Å². The molecule has 1 aromatic carbocycles. The highest BCUT2D eigenvalue weighted by Gasteiger charge is 2.20. The lowest BCUT2D eigenvalue weighted by Crippen LogP contribution is -2.26. The molecule has 0 bridgehead atoms. The lowest BCUT2D eigenvalue weighted by molar-refractivity contribution is 0.0774. The minimum Gasteiger partial charge on any atom is -0.497 e. The van der Waals surface area contributed by atoms with Crippen molar-refractivity contribution in [3.05, 3.63) is 70.9 Å². The van der Waals surface area contributed by atoms with Gasteiger partial charge in [-0.1, -0.05) is 0 Å². The second-order valence-electron chi connectivity index (χ2n) is 6.49. The van der Waals surface area contributed by atoms with Crippen molar-refractivity contribution in [2.75, 3.05) is 14.2 Å². The number of methoxy groups -OCH3 is 1. The number of aryl methyl sites for hydroxylation is 2. The van der Waals surface area contributed by atoms with Gasteiger partial charge in [-0.25, -0.2) is 0 Å². The van der Waals surface area contributed by atoms with Crippen molar-refractivity contribution >= 4 is 5.91 Å². The smallest absolute Gasteiger partial charge is 0.255 e. The first-order valence-corrected chi connectivity index (χ1v) is 8.55. The maximum atomic E-state index is 12.9. The fourth-order valence-corrected chi connectivity index (χ4v) is 3.19. The van der Waals surface area contributed by atoms with E-state index in [-0.39, 0.29) is 5.91 Å². The molecule has 0 saturated carbocycles. The molecule has 0 spiro atoms. The summed E-state index contributed by atoms with van der Waals surface area (Å²) in [5.41, 5.74) is 3.63. The first-order chi connectivity index (χ1) is 12.4. The first-order valence-electron chi connectivity index (χ1n) is 8.55. The van der Waals surface area contributed by atoms with E-state index in [0.29, 0.717) is 12.1 Å². The van der Waals surface area contributed by atoms with Crippen LogP contribution in [0.25, 0.3) is 5.69 Å². The average Bonchev–Trinajstić information content (AvgIpc) is 3.17. The zero-order chi connectivity index (χ0) is 18.8. The van der Waals surface area contributed by atoms with Gasteiger partial charge in [0.25, 0.3) is 5.91 Å². The van der Waals surface area contributed by atoms with E-state index >= 15 is 0 Å². The molecule has 3 rings (SSSR count). The molecule has 0 saturated heterocycles. The fraction of sp³-hybridized carbons (Fsp3) is 0.286. The van der Waals surface area contributed by atoms with Gasteiger partial charge in [0.2, 0.25) is 0 Å². The van der Waals surface area contributed by atoms with Crippen LogP contribution in [-0.2, 0) is 6.54 Å². The van der Waals surface area contributed by atoms with Crippen molar-refractivity contribution in [3.63, 3.8) is 0 Å². The summed E-state index contributed by atoms with van der Waals surface area (Å²) in [6.45, 7) is 6.31. The number of carbonyl (C=O) groups excluding carboxylic acids is 1. The Labute approximate surface area is 153 Å². The molecule has 5 nitrogen and oxygen atoms in total. The van der Waals surface area contributed by atoms with Crippen LogP contribution in [0.2, 0.25) is 0 Å². The van der Waals surface area contributed by atoms with Crippen molar-refractivity contribution in [2.45, 2.75) is 27.3 Å². The minimum atomic E-state index is -0.0214. The Bertz CT molecular complexity index is 919. The Morgan fingerprint density at radius 1 is 1.12 bits per heavy atom. The van der Waals surface area contributed by atoms with Gasteiger partial charge in [-0.05, 0) is 63.2 Å². The third kappa shape index (κ3) is 3.38. The molecule has 1 amide bonds. The van der Waals surface area contributed by atoms with Crippen LogP contribution in [0, 0.1) is 20.8 Å². The third-order valence-corrected chi connectivity index (χ3v) is 4.53. The number of furan rings is 1. The number of aromatic nitrogens is 1. The number of ether oxygens (including phenoxy) is 1. The number of carbonyl (C=O) groups is 1. The van der Waals surface area contributed by atoms with Gasteiger partial charge in [0, 0.05) is 24.1 Å². The number of hydrogen-bond acceptors (Lipinski definition) is 3. The second-order valence-corrected chi connectivity index (χ2v) is 6.49. The van der Waals surface area contributed by atoms with E-state index in [4.69, 9.17) is 9.15 Å². The van der Waals surface area contributed by atoms with Gasteiger partial charge < -0.3 is 18.6 Å². The maximum absolute atomic E-state index is 12.9. The number of nitrogens with zero attached hydrogens (tertiary/aromatic N) is 2. The Hall–Kier alpha value is -2.95. The molecule has 3 aromatic rings. The van der Waals surface area contributed by atoms with Crippen LogP contribution in [0.1, 0.15) is 33.3 Å². The van der Waals surface area contributed by atoms with Crippen molar-refractivity contribution in [1.29, 1.82) is 0 Å². The van der Waals surface area contributed by atoms with Crippen molar-refractivity contribution in [1.82, 2.24) is 9.47 Å². The van der Waals surface area contributed by atoms with Crippen LogP contribution >= 0.6 is 0 Å². The molecule has 2 aromatic heterocycles. The van der Waals surface area contributed by atoms with Crippen LogP contribution in [0.4, 0.5) is 0 Å². The minimum absolute atomic E-state index is 0.0214. The molecule has 0 aliphatic heterocycles. The molecule has 0 unspecified atom stereocenters. The number of hydrogen-bond donors (Lipinski definition) is 0. The predicted molar refractivity (Wildman–Crippen MR) is 101 cm³/mol. The zero-order valence-electron chi connectivity index (χ0n) is 15.9. The molecule has 136 valence electrons. The monoisotopic (exact) mass is 352 g/mol. The quantitative estimate of drug-likeness (QED) is 0.689. The molecule has 2 heterocycles. The lowest BCUT2D eigenvalue weighted by Gasteiger charge is -2.16. The molecule has 0 N–H and O–H groups in total. The fourth-order valence-electron chi connectivity index (χ4n) is 3.19. The zero-order valence-corrected chi connectivity index (χ0v) is 15.9. The molecule has 0 aliphatic carbocycles. The maximum Gasteiger partial charge on any atom is 0.255 e. The van der Waals surface area contributed by atoms with E-state index in [1.54, 1.807) is 19.1 Å². The Balaban J connectivity index is 1.87. The highest BCUT2D eigenvalue weighted by Crippen LogP contribution is 2.24. The second kappa shape index (κ2) is 7.12. The van der Waals surface area contributed by atoms with Crippen molar-refractivity contribution in [3.8, 4) is 11.4 Å². The summed E-state index contributed by atoms with van der Waals surface area (Å²) in [7, 11) is 3.44. The third-order valence-electron chi connectivity index (χ3n) is 4.53. The molecular formula is C21H24N2O3. The highest BCUT2D eigenvalue weighted by molar-refractivity contribution is 5.95. The molecular weight excluding hydrogens is 328 g/mol. The molecule has 0 radical (unpaired) electrons. The van der Waals surface area contributed by atoms with Crippen LogP contribution < -0.4 is 4.74 Å². The van der Waals surface area contributed by atoms with E-state index in [1.807, 2.05) is 63.2 Å². The number of amides is 1. The van der Waals surface area contributed by atoms with Crippen LogP contribution in [0.5, 0.6) is 5.75 Å². The highest BCUT2D eigenvalue weighted by atomic mass is 16.5. The number of rotatable bonds is 5. The van der Waals surface area contributed by atoms with E-state index in [9.17, 15) is 4.79 Å². The normalized spacial score (nSPS) is 10.8. The Morgan fingerprint density at radius 3 is 2.38 bits per heavy atom. The summed E-state index contributed by atoms with van der Waals surface area (Å²) in [6.07, 6.45) is 0. The van der Waals surface area contributed by atoms with Gasteiger partial charge in [0.15, 0.2) is 0 Å². The number of benzene rings is 1. The van der Waals surface area contributed by atoms with Gasteiger partial charge in [0.1, 0.15) is 17.3 Å². The molecule has 26 heavy (non-hydrogen) atoms. The van der Waals surface area contributed by atoms with Gasteiger partial charge in [-0.2, -0.15) is 0 Å². The Kier molecular flexibility index (Phi) is 4.89. The van der Waals surface area contributed by atoms with E-state index < -0.39 is 0 Å². The summed E-state index contributed by atoms with van der Waals surface area (Å²) in [5.74, 6) is 2.41. The summed E-state index contributed by atoms with van der Waals surface area (Å²) in [4.78, 5) is 14.6. The summed E-state index contributed by atoms with van der Waals surface area (Å²) >= 11 is 0. The summed E-state index contributed by atoms with van der Waals surface area (Å²) in [6, 6.07) is 13.6. The molecule has 0 atom stereocenters. The topological polar surface area (TPSA) is 47.6 Å². The Morgan fingerprint density at radius 2 is 1.81 bits per heavy atom. The van der Waals surface area contributed by atoms with Gasteiger partial charge in [-0.3, -0.25) is 4.79 Å².